The molecular weight excluding hydrogens is 324 g/mol. The van der Waals surface area contributed by atoms with Crippen LogP contribution in [-0.2, 0) is 0 Å². The molecule has 0 N–H and O–H groups in total. The van der Waals surface area contributed by atoms with Gasteiger partial charge in [0.1, 0.15) is 0 Å². The van der Waals surface area contributed by atoms with Crippen LogP contribution in [0.25, 0.3) is 11.3 Å². The Morgan fingerprint density at radius 3 is 2.44 bits per heavy atom. The lowest BCUT2D eigenvalue weighted by Crippen LogP contribution is -2.13. The predicted octanol–water partition coefficient (Wildman–Crippen LogP) is 6.95. The van der Waals surface area contributed by atoms with Crippen LogP contribution in [-0.4, -0.2) is 10.1 Å². The van der Waals surface area contributed by atoms with Crippen LogP contribution in [0.15, 0.2) is 47.6 Å². The van der Waals surface area contributed by atoms with Gasteiger partial charge in [-0.1, -0.05) is 50.5 Å². The molecule has 3 heteroatoms. The van der Waals surface area contributed by atoms with Gasteiger partial charge in [-0.2, -0.15) is 4.99 Å². The van der Waals surface area contributed by atoms with Crippen molar-refractivity contribution in [3.63, 3.8) is 0 Å². The lowest BCUT2D eigenvalue weighted by Gasteiger charge is -2.29. The summed E-state index contributed by atoms with van der Waals surface area (Å²) in [6.07, 6.45) is 11.4. The van der Waals surface area contributed by atoms with E-state index in [1.54, 1.807) is 6.20 Å². The molecule has 2 nitrogen and oxygen atoms in total. The van der Waals surface area contributed by atoms with E-state index < -0.39 is 0 Å². The van der Waals surface area contributed by atoms with Crippen molar-refractivity contribution in [3.8, 4) is 11.3 Å². The molecule has 0 unspecified atom stereocenters. The average Bonchev–Trinajstić information content (AvgIpc) is 2.68. The summed E-state index contributed by atoms with van der Waals surface area (Å²) in [5.41, 5.74) is 4.35. The van der Waals surface area contributed by atoms with Crippen molar-refractivity contribution in [1.82, 2.24) is 4.98 Å². The summed E-state index contributed by atoms with van der Waals surface area (Å²) >= 11 is 4.62. The smallest absolute Gasteiger partial charge is 0.0923 e. The molecule has 0 saturated heterocycles. The zero-order valence-corrected chi connectivity index (χ0v) is 15.8. The summed E-state index contributed by atoms with van der Waals surface area (Å²) in [6, 6.07) is 12.9. The summed E-state index contributed by atoms with van der Waals surface area (Å²) in [5.74, 6) is 1.70. The van der Waals surface area contributed by atoms with E-state index >= 15 is 0 Å². The highest BCUT2D eigenvalue weighted by Gasteiger charge is 2.21. The van der Waals surface area contributed by atoms with E-state index in [0.29, 0.717) is 0 Å². The van der Waals surface area contributed by atoms with Gasteiger partial charge in [0.05, 0.1) is 22.7 Å². The molecule has 2 aromatic rings. The minimum absolute atomic E-state index is 0.735. The lowest BCUT2D eigenvalue weighted by atomic mass is 9.77. The number of thiocarbonyl (C=S) groups is 1. The number of aromatic nitrogens is 1. The second kappa shape index (κ2) is 9.03. The second-order valence-corrected chi connectivity index (χ2v) is 7.27. The molecule has 1 heterocycles. The highest BCUT2D eigenvalue weighted by atomic mass is 32.1. The maximum Gasteiger partial charge on any atom is 0.0923 e. The summed E-state index contributed by atoms with van der Waals surface area (Å²) in [4.78, 5) is 8.41. The van der Waals surface area contributed by atoms with E-state index in [4.69, 9.17) is 0 Å². The molecule has 1 aromatic heterocycles. The first-order valence-electron chi connectivity index (χ1n) is 9.44. The van der Waals surface area contributed by atoms with E-state index in [1.807, 2.05) is 12.1 Å². The number of isothiocyanates is 1. The zero-order chi connectivity index (χ0) is 17.5. The zero-order valence-electron chi connectivity index (χ0n) is 14.9. The number of unbranched alkanes of at least 4 members (excludes halogenated alkanes) is 1. The second-order valence-electron chi connectivity index (χ2n) is 7.09. The Bertz CT molecular complexity index is 707. The summed E-state index contributed by atoms with van der Waals surface area (Å²) in [7, 11) is 0. The molecule has 0 aliphatic heterocycles. The van der Waals surface area contributed by atoms with Gasteiger partial charge in [0.15, 0.2) is 0 Å². The Morgan fingerprint density at radius 1 is 1.08 bits per heavy atom. The van der Waals surface area contributed by atoms with Gasteiger partial charge < -0.3 is 0 Å². The number of hydrogen-bond donors (Lipinski definition) is 0. The number of benzene rings is 1. The topological polar surface area (TPSA) is 25.2 Å². The van der Waals surface area contributed by atoms with E-state index in [-0.39, 0.29) is 0 Å². The van der Waals surface area contributed by atoms with E-state index in [9.17, 15) is 0 Å². The van der Waals surface area contributed by atoms with Crippen LogP contribution in [0.5, 0.6) is 0 Å². The standard InChI is InChI=1S/C22H26N2S/c1-2-3-4-17-5-7-18(8-6-17)19-9-11-20(12-10-19)22-14-13-21(15-23-22)24-16-25/h9-15,17-18H,2-8H2,1H3. The molecule has 0 amide bonds. The van der Waals surface area contributed by atoms with Crippen molar-refractivity contribution in [2.24, 2.45) is 10.9 Å². The number of aliphatic imine (C=N–C) groups is 1. The predicted molar refractivity (Wildman–Crippen MR) is 109 cm³/mol. The Labute approximate surface area is 156 Å². The normalized spacial score (nSPS) is 20.0. The SMILES string of the molecule is CCCCC1CCC(c2ccc(-c3ccc(N=C=S)cn3)cc2)CC1. The minimum Gasteiger partial charge on any atom is -0.254 e. The van der Waals surface area contributed by atoms with Crippen molar-refractivity contribution in [2.75, 3.05) is 0 Å². The minimum atomic E-state index is 0.735. The van der Waals surface area contributed by atoms with Gasteiger partial charge in [-0.15, -0.1) is 0 Å². The van der Waals surface area contributed by atoms with Crippen LogP contribution in [0, 0.1) is 5.92 Å². The molecular formula is C22H26N2S. The number of pyridine rings is 1. The maximum atomic E-state index is 4.62. The molecule has 0 radical (unpaired) electrons. The summed E-state index contributed by atoms with van der Waals surface area (Å²) in [6.45, 7) is 2.29. The van der Waals surface area contributed by atoms with Crippen molar-refractivity contribution < 1.29 is 0 Å². The molecule has 130 valence electrons. The molecule has 1 fully saturated rings. The van der Waals surface area contributed by atoms with Gasteiger partial charge in [-0.05, 0) is 67.4 Å². The quantitative estimate of drug-likeness (QED) is 0.416. The van der Waals surface area contributed by atoms with E-state index in [0.717, 1.165) is 28.8 Å². The molecule has 0 atom stereocenters. The molecule has 0 spiro atoms. The highest BCUT2D eigenvalue weighted by molar-refractivity contribution is 7.78. The first-order valence-corrected chi connectivity index (χ1v) is 9.85. The van der Waals surface area contributed by atoms with Crippen LogP contribution < -0.4 is 0 Å². The number of nitrogens with zero attached hydrogens (tertiary/aromatic N) is 2. The molecule has 1 aliphatic carbocycles. The lowest BCUT2D eigenvalue weighted by molar-refractivity contribution is 0.304. The fourth-order valence-corrected chi connectivity index (χ4v) is 3.98. The van der Waals surface area contributed by atoms with Crippen LogP contribution >= 0.6 is 12.2 Å². The third-order valence-electron chi connectivity index (χ3n) is 5.41. The van der Waals surface area contributed by atoms with Gasteiger partial charge >= 0.3 is 0 Å². The summed E-state index contributed by atoms with van der Waals surface area (Å²) in [5, 5.41) is 2.37. The monoisotopic (exact) mass is 350 g/mol. The molecule has 0 bridgehead atoms. The maximum absolute atomic E-state index is 4.62. The molecule has 1 aliphatic rings. The largest absolute Gasteiger partial charge is 0.254 e. The van der Waals surface area contributed by atoms with Gasteiger partial charge in [0.25, 0.3) is 0 Å². The third kappa shape index (κ3) is 4.84. The van der Waals surface area contributed by atoms with Gasteiger partial charge in [-0.25, -0.2) is 0 Å². The first kappa shape index (κ1) is 18.0. The Kier molecular flexibility index (Phi) is 6.49. The van der Waals surface area contributed by atoms with E-state index in [1.165, 1.54) is 50.5 Å². The molecule has 1 aromatic carbocycles. The first-order chi connectivity index (χ1) is 12.3. The fraction of sp³-hybridized carbons (Fsp3) is 0.455. The highest BCUT2D eigenvalue weighted by Crippen LogP contribution is 2.38. The van der Waals surface area contributed by atoms with Crippen LogP contribution in [0.1, 0.15) is 63.4 Å². The Balaban J connectivity index is 1.61. The fourth-order valence-electron chi connectivity index (χ4n) is 3.88. The van der Waals surface area contributed by atoms with Crippen molar-refractivity contribution in [3.05, 3.63) is 48.2 Å². The van der Waals surface area contributed by atoms with E-state index in [2.05, 4.69) is 58.5 Å². The van der Waals surface area contributed by atoms with Crippen molar-refractivity contribution in [1.29, 1.82) is 0 Å². The van der Waals surface area contributed by atoms with Gasteiger partial charge in [-0.3, -0.25) is 4.98 Å². The third-order valence-corrected chi connectivity index (χ3v) is 5.50. The molecule has 3 rings (SSSR count). The van der Waals surface area contributed by atoms with Crippen LogP contribution in [0.4, 0.5) is 5.69 Å². The molecule has 1 saturated carbocycles. The number of hydrogen-bond acceptors (Lipinski definition) is 3. The average molecular weight is 351 g/mol. The van der Waals surface area contributed by atoms with Crippen molar-refractivity contribution in [2.45, 2.75) is 57.8 Å². The van der Waals surface area contributed by atoms with Crippen LogP contribution in [0.2, 0.25) is 0 Å². The van der Waals surface area contributed by atoms with Gasteiger partial charge in [0.2, 0.25) is 0 Å². The van der Waals surface area contributed by atoms with Gasteiger partial charge in [0, 0.05) is 5.56 Å². The summed E-state index contributed by atoms with van der Waals surface area (Å²) < 4.78 is 0. The Morgan fingerprint density at radius 2 is 1.84 bits per heavy atom. The van der Waals surface area contributed by atoms with Crippen LogP contribution in [0.3, 0.4) is 0 Å². The van der Waals surface area contributed by atoms with Crippen molar-refractivity contribution >= 4 is 23.1 Å². The number of rotatable bonds is 6. The Hall–Kier alpha value is -1.83. The molecule has 25 heavy (non-hydrogen) atoms.